The number of rotatable bonds is 22. The van der Waals surface area contributed by atoms with Gasteiger partial charge in [-0.25, -0.2) is 0 Å². The number of hydrogen-bond acceptors (Lipinski definition) is 4. The fraction of sp³-hybridized carbons (Fsp3) is 0.750. The standard InChI is InChI=1S/2C16H27NO2/c2*1-2-3-4-5-6-7-8-9-10-11-14-17-15(18)12-13-16(17)19/h2*12-13H,2-11,14H2,1H3. The van der Waals surface area contributed by atoms with Crippen molar-refractivity contribution in [1.82, 2.24) is 9.80 Å². The third-order valence-electron chi connectivity index (χ3n) is 7.27. The highest BCUT2D eigenvalue weighted by Gasteiger charge is 2.22. The van der Waals surface area contributed by atoms with Crippen molar-refractivity contribution < 1.29 is 19.2 Å². The molecule has 2 heterocycles. The molecular formula is C32H54N2O4. The number of amides is 4. The molecule has 0 radical (unpaired) electrons. The van der Waals surface area contributed by atoms with E-state index in [0.29, 0.717) is 13.1 Å². The Bertz CT molecular complexity index is 646. The molecule has 0 bridgehead atoms. The van der Waals surface area contributed by atoms with Crippen LogP contribution in [0.25, 0.3) is 0 Å². The predicted molar refractivity (Wildman–Crippen MR) is 155 cm³/mol. The van der Waals surface area contributed by atoms with Crippen LogP contribution in [-0.4, -0.2) is 46.5 Å². The van der Waals surface area contributed by atoms with E-state index in [0.717, 1.165) is 25.7 Å². The highest BCUT2D eigenvalue weighted by Crippen LogP contribution is 2.13. The number of nitrogens with zero attached hydrogens (tertiary/aromatic N) is 2. The zero-order valence-corrected chi connectivity index (χ0v) is 24.4. The van der Waals surface area contributed by atoms with Crippen molar-refractivity contribution in [2.45, 2.75) is 142 Å². The minimum absolute atomic E-state index is 0.152. The van der Waals surface area contributed by atoms with Crippen LogP contribution >= 0.6 is 0 Å². The quantitative estimate of drug-likeness (QED) is 0.106. The van der Waals surface area contributed by atoms with E-state index in [-0.39, 0.29) is 23.6 Å². The molecule has 4 amide bonds. The van der Waals surface area contributed by atoms with Gasteiger partial charge in [-0.15, -0.1) is 0 Å². The number of hydrogen-bond donors (Lipinski definition) is 0. The van der Waals surface area contributed by atoms with E-state index in [2.05, 4.69) is 13.8 Å². The zero-order chi connectivity index (χ0) is 27.8. The van der Waals surface area contributed by atoms with E-state index in [1.54, 1.807) is 0 Å². The molecule has 6 heteroatoms. The van der Waals surface area contributed by atoms with Gasteiger partial charge < -0.3 is 0 Å². The summed E-state index contributed by atoms with van der Waals surface area (Å²) in [4.78, 5) is 47.9. The minimum Gasteiger partial charge on any atom is -0.275 e. The third kappa shape index (κ3) is 15.9. The smallest absolute Gasteiger partial charge is 0.253 e. The SMILES string of the molecule is CCCCCCCCCCCCN1C(=O)C=CC1=O.CCCCCCCCCCCCN1C(=O)C=CC1=O. The Labute approximate surface area is 232 Å². The van der Waals surface area contributed by atoms with Gasteiger partial charge in [-0.3, -0.25) is 29.0 Å². The Morgan fingerprint density at radius 2 is 0.579 bits per heavy atom. The van der Waals surface area contributed by atoms with Crippen molar-refractivity contribution in [3.63, 3.8) is 0 Å². The summed E-state index contributed by atoms with van der Waals surface area (Å²) in [6.45, 7) is 5.65. The maximum absolute atomic E-state index is 11.3. The van der Waals surface area contributed by atoms with Crippen LogP contribution in [0.4, 0.5) is 0 Å². The van der Waals surface area contributed by atoms with Crippen LogP contribution in [0.3, 0.4) is 0 Å². The van der Waals surface area contributed by atoms with Crippen molar-refractivity contribution in [3.8, 4) is 0 Å². The maximum Gasteiger partial charge on any atom is 0.253 e. The van der Waals surface area contributed by atoms with E-state index in [1.165, 1.54) is 137 Å². The normalized spacial score (nSPS) is 14.7. The Hall–Kier alpha value is -2.24. The van der Waals surface area contributed by atoms with Gasteiger partial charge in [0.15, 0.2) is 0 Å². The zero-order valence-electron chi connectivity index (χ0n) is 24.4. The first-order chi connectivity index (χ1) is 18.5. The first-order valence-electron chi connectivity index (χ1n) is 15.6. The van der Waals surface area contributed by atoms with Gasteiger partial charge >= 0.3 is 0 Å². The lowest BCUT2D eigenvalue weighted by atomic mass is 10.1. The lowest BCUT2D eigenvalue weighted by molar-refractivity contribution is -0.138. The van der Waals surface area contributed by atoms with Gasteiger partial charge in [0.1, 0.15) is 0 Å². The second-order valence-corrected chi connectivity index (χ2v) is 10.7. The maximum atomic E-state index is 11.3. The van der Waals surface area contributed by atoms with Gasteiger partial charge in [0.2, 0.25) is 0 Å². The molecule has 0 N–H and O–H groups in total. The molecule has 0 spiro atoms. The van der Waals surface area contributed by atoms with Gasteiger partial charge in [-0.05, 0) is 12.8 Å². The van der Waals surface area contributed by atoms with E-state index in [9.17, 15) is 19.2 Å². The van der Waals surface area contributed by atoms with Crippen LogP contribution in [0.2, 0.25) is 0 Å². The first-order valence-corrected chi connectivity index (χ1v) is 15.6. The van der Waals surface area contributed by atoms with Gasteiger partial charge in [-0.1, -0.05) is 129 Å². The van der Waals surface area contributed by atoms with E-state index in [1.807, 2.05) is 0 Å². The number of carbonyl (C=O) groups is 4. The van der Waals surface area contributed by atoms with Crippen LogP contribution in [0.5, 0.6) is 0 Å². The van der Waals surface area contributed by atoms with Crippen LogP contribution < -0.4 is 0 Å². The molecule has 0 fully saturated rings. The number of unbranched alkanes of at least 4 members (excludes halogenated alkanes) is 18. The molecule has 0 saturated heterocycles. The molecule has 0 atom stereocenters. The summed E-state index contributed by atoms with van der Waals surface area (Å²) in [5, 5.41) is 0. The molecular weight excluding hydrogens is 476 g/mol. The highest BCUT2D eigenvalue weighted by atomic mass is 16.2. The van der Waals surface area contributed by atoms with Crippen LogP contribution in [-0.2, 0) is 19.2 Å². The fourth-order valence-corrected chi connectivity index (χ4v) is 4.82. The summed E-state index contributed by atoms with van der Waals surface area (Å²) in [6, 6.07) is 0. The average Bonchev–Trinajstić information content (AvgIpc) is 3.41. The molecule has 38 heavy (non-hydrogen) atoms. The Morgan fingerprint density at radius 3 is 0.816 bits per heavy atom. The Balaban J connectivity index is 0.000000380. The molecule has 216 valence electrons. The third-order valence-corrected chi connectivity index (χ3v) is 7.27. The van der Waals surface area contributed by atoms with E-state index < -0.39 is 0 Å². The Kier molecular flexibility index (Phi) is 20.2. The van der Waals surface area contributed by atoms with Crippen molar-refractivity contribution in [3.05, 3.63) is 24.3 Å². The molecule has 2 aliphatic rings. The van der Waals surface area contributed by atoms with Gasteiger partial charge in [-0.2, -0.15) is 0 Å². The van der Waals surface area contributed by atoms with Gasteiger partial charge in [0.25, 0.3) is 23.6 Å². The first kappa shape index (κ1) is 33.8. The molecule has 0 saturated carbocycles. The molecule has 6 nitrogen and oxygen atoms in total. The molecule has 0 unspecified atom stereocenters. The predicted octanol–water partition coefficient (Wildman–Crippen LogP) is 7.66. The summed E-state index contributed by atoms with van der Waals surface area (Å²) in [5.74, 6) is -0.608. The lowest BCUT2D eigenvalue weighted by Crippen LogP contribution is -2.30. The second-order valence-electron chi connectivity index (χ2n) is 10.7. The average molecular weight is 531 g/mol. The minimum atomic E-state index is -0.152. The molecule has 2 aliphatic heterocycles. The van der Waals surface area contributed by atoms with E-state index >= 15 is 0 Å². The molecule has 0 aromatic heterocycles. The fourth-order valence-electron chi connectivity index (χ4n) is 4.82. The van der Waals surface area contributed by atoms with Crippen molar-refractivity contribution in [2.75, 3.05) is 13.1 Å². The number of imide groups is 2. The summed E-state index contributed by atoms with van der Waals surface area (Å²) in [5.41, 5.74) is 0. The summed E-state index contributed by atoms with van der Waals surface area (Å²) in [7, 11) is 0. The van der Waals surface area contributed by atoms with E-state index in [4.69, 9.17) is 0 Å². The molecule has 2 rings (SSSR count). The molecule has 0 aromatic carbocycles. The highest BCUT2D eigenvalue weighted by molar-refractivity contribution is 6.13. The molecule has 0 aliphatic carbocycles. The van der Waals surface area contributed by atoms with Crippen molar-refractivity contribution in [2.24, 2.45) is 0 Å². The topological polar surface area (TPSA) is 74.8 Å². The van der Waals surface area contributed by atoms with Crippen LogP contribution in [0, 0.1) is 0 Å². The van der Waals surface area contributed by atoms with Crippen LogP contribution in [0.15, 0.2) is 24.3 Å². The van der Waals surface area contributed by atoms with Gasteiger partial charge in [0, 0.05) is 37.4 Å². The van der Waals surface area contributed by atoms with Crippen molar-refractivity contribution in [1.29, 1.82) is 0 Å². The largest absolute Gasteiger partial charge is 0.275 e. The van der Waals surface area contributed by atoms with Crippen LogP contribution in [0.1, 0.15) is 142 Å². The summed E-state index contributed by atoms with van der Waals surface area (Å²) in [6.07, 6.45) is 30.8. The van der Waals surface area contributed by atoms with Gasteiger partial charge in [0.05, 0.1) is 0 Å². The second kappa shape index (κ2) is 22.7. The molecule has 0 aromatic rings. The lowest BCUT2D eigenvalue weighted by Gasteiger charge is -2.12. The Morgan fingerprint density at radius 1 is 0.368 bits per heavy atom. The number of carbonyl (C=O) groups excluding carboxylic acids is 4. The summed E-state index contributed by atoms with van der Waals surface area (Å²) >= 11 is 0. The summed E-state index contributed by atoms with van der Waals surface area (Å²) < 4.78 is 0. The monoisotopic (exact) mass is 530 g/mol. The van der Waals surface area contributed by atoms with Crippen molar-refractivity contribution >= 4 is 23.6 Å².